The van der Waals surface area contributed by atoms with Crippen molar-refractivity contribution in [3.63, 3.8) is 0 Å². The number of rotatable bonds is 5. The molecule has 0 amide bonds. The Labute approximate surface area is 160 Å². The van der Waals surface area contributed by atoms with Crippen molar-refractivity contribution in [3.05, 3.63) is 63.1 Å². The van der Waals surface area contributed by atoms with E-state index in [0.29, 0.717) is 34.0 Å². The lowest BCUT2D eigenvalue weighted by atomic mass is 10.3. The monoisotopic (exact) mass is 436 g/mol. The molecule has 0 saturated carbocycles. The third-order valence-corrected chi connectivity index (χ3v) is 4.96. The predicted octanol–water partition coefficient (Wildman–Crippen LogP) is 6.05. The number of hydrogen-bond acceptors (Lipinski definition) is 6. The van der Waals surface area contributed by atoms with Gasteiger partial charge in [0.05, 0.1) is 9.90 Å². The molecular formula is C17H10BrClN2O3S. The third-order valence-electron chi connectivity index (χ3n) is 3.30. The van der Waals surface area contributed by atoms with Crippen LogP contribution in [-0.4, -0.2) is 10.1 Å². The zero-order valence-corrected chi connectivity index (χ0v) is 15.8. The number of nitrogens with zero attached hydrogens (tertiary/aromatic N) is 2. The summed E-state index contributed by atoms with van der Waals surface area (Å²) in [6, 6.07) is 12.9. The van der Waals surface area contributed by atoms with Crippen LogP contribution >= 0.6 is 38.9 Å². The number of ether oxygens (including phenoxy) is 1. The van der Waals surface area contributed by atoms with Crippen LogP contribution in [0.2, 0.25) is 5.02 Å². The fourth-order valence-electron chi connectivity index (χ4n) is 2.14. The van der Waals surface area contributed by atoms with Crippen molar-refractivity contribution in [1.29, 1.82) is 0 Å². The molecule has 5 nitrogen and oxygen atoms in total. The SMILES string of the molecule is Clc1cc(Br)ccc1OCc1ccc(-c2nc(-c3cccs3)no2)o1. The molecule has 0 radical (unpaired) electrons. The van der Waals surface area contributed by atoms with Gasteiger partial charge in [-0.25, -0.2) is 0 Å². The Balaban J connectivity index is 1.47. The van der Waals surface area contributed by atoms with Crippen LogP contribution in [0, 0.1) is 0 Å². The van der Waals surface area contributed by atoms with Gasteiger partial charge in [-0.3, -0.25) is 0 Å². The summed E-state index contributed by atoms with van der Waals surface area (Å²) in [4.78, 5) is 5.29. The van der Waals surface area contributed by atoms with E-state index < -0.39 is 0 Å². The number of furan rings is 1. The second kappa shape index (κ2) is 7.03. The molecule has 3 aromatic heterocycles. The van der Waals surface area contributed by atoms with Crippen molar-refractivity contribution >= 4 is 38.9 Å². The first-order chi connectivity index (χ1) is 12.2. The lowest BCUT2D eigenvalue weighted by molar-refractivity contribution is 0.270. The molecule has 0 fully saturated rings. The van der Waals surface area contributed by atoms with E-state index in [-0.39, 0.29) is 6.61 Å². The number of halogens is 2. The van der Waals surface area contributed by atoms with Gasteiger partial charge in [0.1, 0.15) is 18.1 Å². The van der Waals surface area contributed by atoms with Crippen molar-refractivity contribution in [2.75, 3.05) is 0 Å². The topological polar surface area (TPSA) is 61.3 Å². The van der Waals surface area contributed by atoms with Gasteiger partial charge in [0.2, 0.25) is 5.82 Å². The Bertz CT molecular complexity index is 997. The molecule has 0 saturated heterocycles. The van der Waals surface area contributed by atoms with Gasteiger partial charge >= 0.3 is 0 Å². The van der Waals surface area contributed by atoms with Crippen LogP contribution in [0.4, 0.5) is 0 Å². The van der Waals surface area contributed by atoms with Gasteiger partial charge in [-0.2, -0.15) is 4.98 Å². The first-order valence-corrected chi connectivity index (χ1v) is 9.28. The Hall–Kier alpha value is -2.09. The van der Waals surface area contributed by atoms with Crippen molar-refractivity contribution in [1.82, 2.24) is 10.1 Å². The third kappa shape index (κ3) is 3.63. The first kappa shape index (κ1) is 16.4. The zero-order chi connectivity index (χ0) is 17.2. The van der Waals surface area contributed by atoms with E-state index in [0.717, 1.165) is 9.35 Å². The van der Waals surface area contributed by atoms with Gasteiger partial charge in [0.25, 0.3) is 5.89 Å². The summed E-state index contributed by atoms with van der Waals surface area (Å²) < 4.78 is 17.6. The molecule has 0 atom stereocenters. The number of aromatic nitrogens is 2. The minimum Gasteiger partial charge on any atom is -0.484 e. The van der Waals surface area contributed by atoms with Gasteiger partial charge < -0.3 is 13.7 Å². The smallest absolute Gasteiger partial charge is 0.293 e. The summed E-state index contributed by atoms with van der Waals surface area (Å²) in [7, 11) is 0. The average Bonchev–Trinajstić information content (AvgIpc) is 3.34. The largest absolute Gasteiger partial charge is 0.484 e. The molecule has 3 heterocycles. The molecule has 126 valence electrons. The number of hydrogen-bond donors (Lipinski definition) is 0. The van der Waals surface area contributed by atoms with Gasteiger partial charge in [0.15, 0.2) is 5.76 Å². The van der Waals surface area contributed by atoms with Crippen LogP contribution in [0.15, 0.2) is 61.3 Å². The molecule has 4 aromatic rings. The van der Waals surface area contributed by atoms with Gasteiger partial charge in [-0.1, -0.05) is 38.8 Å². The standard InChI is InChI=1S/C17H10BrClN2O3S/c18-10-3-5-13(12(19)8-10)22-9-11-4-6-14(23-11)17-20-16(21-24-17)15-2-1-7-25-15/h1-8H,9H2. The molecule has 0 aliphatic heterocycles. The minimum absolute atomic E-state index is 0.243. The Morgan fingerprint density at radius 2 is 2.12 bits per heavy atom. The maximum Gasteiger partial charge on any atom is 0.293 e. The highest BCUT2D eigenvalue weighted by Crippen LogP contribution is 2.30. The second-order valence-electron chi connectivity index (χ2n) is 5.03. The average molecular weight is 438 g/mol. The summed E-state index contributed by atoms with van der Waals surface area (Å²) >= 11 is 11.0. The van der Waals surface area contributed by atoms with Crippen molar-refractivity contribution in [2.45, 2.75) is 6.61 Å². The van der Waals surface area contributed by atoms with E-state index in [2.05, 4.69) is 26.1 Å². The quantitative estimate of drug-likeness (QED) is 0.380. The van der Waals surface area contributed by atoms with E-state index in [1.807, 2.05) is 23.6 Å². The van der Waals surface area contributed by atoms with Crippen molar-refractivity contribution in [2.24, 2.45) is 0 Å². The van der Waals surface area contributed by atoms with Crippen LogP contribution in [0.5, 0.6) is 5.75 Å². The summed E-state index contributed by atoms with van der Waals surface area (Å²) in [5.41, 5.74) is 0. The first-order valence-electron chi connectivity index (χ1n) is 7.23. The molecule has 0 aliphatic rings. The van der Waals surface area contributed by atoms with Gasteiger partial charge in [0, 0.05) is 4.47 Å². The fraction of sp³-hybridized carbons (Fsp3) is 0.0588. The number of thiophene rings is 1. The normalized spacial score (nSPS) is 11.0. The molecule has 0 aliphatic carbocycles. The Kier molecular flexibility index (Phi) is 4.61. The molecule has 25 heavy (non-hydrogen) atoms. The fourth-order valence-corrected chi connectivity index (χ4v) is 3.52. The van der Waals surface area contributed by atoms with Crippen molar-refractivity contribution in [3.8, 4) is 28.1 Å². The zero-order valence-electron chi connectivity index (χ0n) is 12.6. The van der Waals surface area contributed by atoms with E-state index in [4.69, 9.17) is 25.3 Å². The van der Waals surface area contributed by atoms with E-state index in [9.17, 15) is 0 Å². The Morgan fingerprint density at radius 3 is 2.92 bits per heavy atom. The predicted molar refractivity (Wildman–Crippen MR) is 98.8 cm³/mol. The minimum atomic E-state index is 0.243. The molecule has 8 heteroatoms. The van der Waals surface area contributed by atoms with Crippen LogP contribution < -0.4 is 4.74 Å². The highest BCUT2D eigenvalue weighted by molar-refractivity contribution is 9.10. The van der Waals surface area contributed by atoms with Gasteiger partial charge in [-0.05, 0) is 41.8 Å². The highest BCUT2D eigenvalue weighted by atomic mass is 79.9. The lowest BCUT2D eigenvalue weighted by Gasteiger charge is -2.06. The van der Waals surface area contributed by atoms with Crippen molar-refractivity contribution < 1.29 is 13.7 Å². The van der Waals surface area contributed by atoms with Crippen LogP contribution in [0.1, 0.15) is 5.76 Å². The maximum absolute atomic E-state index is 6.13. The molecule has 0 spiro atoms. The molecule has 1 aromatic carbocycles. The summed E-state index contributed by atoms with van der Waals surface area (Å²) in [6.45, 7) is 0.243. The molecule has 0 unspecified atom stereocenters. The molecule has 0 N–H and O–H groups in total. The molecule has 4 rings (SSSR count). The maximum atomic E-state index is 6.13. The lowest BCUT2D eigenvalue weighted by Crippen LogP contribution is -1.94. The van der Waals surface area contributed by atoms with E-state index in [1.54, 1.807) is 35.6 Å². The molecular weight excluding hydrogens is 428 g/mol. The number of benzene rings is 1. The summed E-state index contributed by atoms with van der Waals surface area (Å²) in [5.74, 6) is 2.58. The summed E-state index contributed by atoms with van der Waals surface area (Å²) in [5, 5.41) is 6.45. The van der Waals surface area contributed by atoms with E-state index >= 15 is 0 Å². The van der Waals surface area contributed by atoms with Crippen LogP contribution in [-0.2, 0) is 6.61 Å². The van der Waals surface area contributed by atoms with Gasteiger partial charge in [-0.15, -0.1) is 11.3 Å². The molecule has 0 bridgehead atoms. The summed E-state index contributed by atoms with van der Waals surface area (Å²) in [6.07, 6.45) is 0. The second-order valence-corrected chi connectivity index (χ2v) is 7.30. The Morgan fingerprint density at radius 1 is 1.20 bits per heavy atom. The van der Waals surface area contributed by atoms with E-state index in [1.165, 1.54) is 0 Å². The van der Waals surface area contributed by atoms with Crippen LogP contribution in [0.25, 0.3) is 22.4 Å². The van der Waals surface area contributed by atoms with Crippen LogP contribution in [0.3, 0.4) is 0 Å². The highest BCUT2D eigenvalue weighted by Gasteiger charge is 2.15.